The molecule has 0 fully saturated rings. The van der Waals surface area contributed by atoms with Gasteiger partial charge < -0.3 is 0 Å². The van der Waals surface area contributed by atoms with Crippen LogP contribution in [-0.4, -0.2) is 17.6 Å². The van der Waals surface area contributed by atoms with Crippen molar-refractivity contribution in [1.29, 1.82) is 0 Å². The molecular formula is C28H40Si2. The van der Waals surface area contributed by atoms with Crippen molar-refractivity contribution in [3.8, 4) is 0 Å². The SMILES string of the molecule is CC1=CC(CC2(C(C)C)C=CC=CC2)([Si]c2cc(C)cc([Si](C)(C)C)c2)C(C)=C1C. The maximum Gasteiger partial charge on any atom is 0.0980 e. The van der Waals surface area contributed by atoms with E-state index in [4.69, 9.17) is 0 Å². The maximum absolute atomic E-state index is 2.63. The van der Waals surface area contributed by atoms with Crippen LogP contribution in [0.25, 0.3) is 0 Å². The molecule has 0 nitrogen and oxygen atoms in total. The Bertz CT molecular complexity index is 936. The van der Waals surface area contributed by atoms with Crippen LogP contribution in [-0.2, 0) is 0 Å². The molecule has 1 aromatic carbocycles. The summed E-state index contributed by atoms with van der Waals surface area (Å²) in [6.07, 6.45) is 14.4. The molecule has 0 aromatic heterocycles. The normalized spacial score (nSPS) is 26.7. The van der Waals surface area contributed by atoms with Gasteiger partial charge in [-0.25, -0.2) is 0 Å². The zero-order chi connectivity index (χ0) is 22.3. The van der Waals surface area contributed by atoms with Crippen molar-refractivity contribution in [3.63, 3.8) is 0 Å². The van der Waals surface area contributed by atoms with Crippen LogP contribution in [0.2, 0.25) is 24.7 Å². The van der Waals surface area contributed by atoms with Gasteiger partial charge in [0.15, 0.2) is 0 Å². The second-order valence-electron chi connectivity index (χ2n) is 11.1. The molecule has 160 valence electrons. The molecule has 0 heterocycles. The molecule has 2 unspecified atom stereocenters. The lowest BCUT2D eigenvalue weighted by molar-refractivity contribution is 0.231. The summed E-state index contributed by atoms with van der Waals surface area (Å²) < 4.78 is 0. The molecule has 2 aliphatic carbocycles. The monoisotopic (exact) mass is 432 g/mol. The molecule has 0 saturated heterocycles. The molecule has 1 aromatic rings. The minimum atomic E-state index is -1.34. The lowest BCUT2D eigenvalue weighted by Gasteiger charge is -2.44. The van der Waals surface area contributed by atoms with E-state index in [0.29, 0.717) is 5.92 Å². The fourth-order valence-corrected chi connectivity index (χ4v) is 8.60. The maximum atomic E-state index is 2.63. The topological polar surface area (TPSA) is 0 Å². The van der Waals surface area contributed by atoms with Crippen molar-refractivity contribution in [2.45, 2.75) is 79.1 Å². The number of aryl methyl sites for hydroxylation is 1. The third-order valence-electron chi connectivity index (χ3n) is 7.53. The summed E-state index contributed by atoms with van der Waals surface area (Å²) in [6, 6.07) is 7.43. The average Bonchev–Trinajstić information content (AvgIpc) is 2.85. The second-order valence-corrected chi connectivity index (χ2v) is 17.9. The molecule has 0 spiro atoms. The van der Waals surface area contributed by atoms with Crippen molar-refractivity contribution in [2.75, 3.05) is 0 Å². The predicted octanol–water partition coefficient (Wildman–Crippen LogP) is 6.87. The molecule has 3 rings (SSSR count). The van der Waals surface area contributed by atoms with Gasteiger partial charge in [0, 0.05) is 5.04 Å². The van der Waals surface area contributed by atoms with Gasteiger partial charge in [0.25, 0.3) is 0 Å². The summed E-state index contributed by atoms with van der Waals surface area (Å²) in [7, 11) is -0.558. The van der Waals surface area contributed by atoms with Gasteiger partial charge in [-0.2, -0.15) is 0 Å². The van der Waals surface area contributed by atoms with E-state index in [0.717, 1.165) is 15.9 Å². The highest BCUT2D eigenvalue weighted by Gasteiger charge is 2.44. The number of allylic oxidation sites excluding steroid dienone is 8. The summed E-state index contributed by atoms with van der Waals surface area (Å²) in [5.41, 5.74) is 6.23. The van der Waals surface area contributed by atoms with Crippen LogP contribution in [0.4, 0.5) is 0 Å². The first-order valence-corrected chi connectivity index (χ1v) is 16.0. The Morgan fingerprint density at radius 3 is 2.20 bits per heavy atom. The van der Waals surface area contributed by atoms with Crippen molar-refractivity contribution < 1.29 is 0 Å². The number of hydrogen-bond donors (Lipinski definition) is 0. The molecule has 2 radical (unpaired) electrons. The Kier molecular flexibility index (Phi) is 6.42. The van der Waals surface area contributed by atoms with Crippen LogP contribution in [0.15, 0.2) is 65.3 Å². The van der Waals surface area contributed by atoms with Crippen LogP contribution in [0, 0.1) is 18.3 Å². The molecule has 0 bridgehead atoms. The zero-order valence-electron chi connectivity index (χ0n) is 20.6. The first kappa shape index (κ1) is 23.3. The van der Waals surface area contributed by atoms with Gasteiger partial charge >= 0.3 is 0 Å². The molecule has 2 heteroatoms. The van der Waals surface area contributed by atoms with E-state index in [2.05, 4.69) is 110 Å². The third kappa shape index (κ3) is 4.45. The van der Waals surface area contributed by atoms with Crippen molar-refractivity contribution >= 4 is 28.0 Å². The third-order valence-corrected chi connectivity index (χ3v) is 11.3. The minimum absolute atomic E-state index is 0.137. The molecule has 0 saturated carbocycles. The lowest BCUT2D eigenvalue weighted by Crippen LogP contribution is -2.42. The quantitative estimate of drug-likeness (QED) is 0.430. The van der Waals surface area contributed by atoms with E-state index in [9.17, 15) is 0 Å². The Morgan fingerprint density at radius 1 is 1.00 bits per heavy atom. The summed E-state index contributed by atoms with van der Waals surface area (Å²) in [4.78, 5) is 0. The van der Waals surface area contributed by atoms with E-state index in [1.54, 1.807) is 15.9 Å². The van der Waals surface area contributed by atoms with Crippen molar-refractivity contribution in [1.82, 2.24) is 0 Å². The Balaban J connectivity index is 2.09. The fraction of sp³-hybridized carbons (Fsp3) is 0.500. The molecular weight excluding hydrogens is 392 g/mol. The molecule has 0 N–H and O–H groups in total. The standard InChI is InChI=1S/C28H40Si2/c1-20(2)27(13-11-10-12-14-27)19-28(18-22(4)23(5)24(28)6)29-25-15-21(3)16-26(17-25)30(7,8)9/h10-13,15-18,20H,14,19H2,1-9H3. The number of hydrogen-bond acceptors (Lipinski definition) is 0. The van der Waals surface area contributed by atoms with Crippen LogP contribution >= 0.6 is 0 Å². The molecule has 2 atom stereocenters. The van der Waals surface area contributed by atoms with E-state index >= 15 is 0 Å². The predicted molar refractivity (Wildman–Crippen MR) is 139 cm³/mol. The summed E-state index contributed by atoms with van der Waals surface area (Å²) in [6.45, 7) is 21.5. The van der Waals surface area contributed by atoms with E-state index in [1.807, 2.05) is 0 Å². The first-order chi connectivity index (χ1) is 13.9. The van der Waals surface area contributed by atoms with Crippen LogP contribution < -0.4 is 10.4 Å². The van der Waals surface area contributed by atoms with E-state index < -0.39 is 8.07 Å². The highest BCUT2D eigenvalue weighted by Crippen LogP contribution is 2.56. The Morgan fingerprint density at radius 2 is 1.70 bits per heavy atom. The zero-order valence-corrected chi connectivity index (χ0v) is 22.6. The van der Waals surface area contributed by atoms with E-state index in [-0.39, 0.29) is 10.5 Å². The van der Waals surface area contributed by atoms with Gasteiger partial charge in [-0.05, 0) is 57.4 Å². The number of rotatable bonds is 6. The van der Waals surface area contributed by atoms with E-state index in [1.165, 1.54) is 23.1 Å². The highest BCUT2D eigenvalue weighted by atomic mass is 28.3. The van der Waals surface area contributed by atoms with Gasteiger partial charge in [0.2, 0.25) is 0 Å². The fourth-order valence-electron chi connectivity index (χ4n) is 5.08. The van der Waals surface area contributed by atoms with Crippen LogP contribution in [0.3, 0.4) is 0 Å². The van der Waals surface area contributed by atoms with Gasteiger partial charge in [-0.15, -0.1) is 0 Å². The van der Waals surface area contributed by atoms with Crippen molar-refractivity contribution in [2.24, 2.45) is 11.3 Å². The first-order valence-electron chi connectivity index (χ1n) is 11.5. The smallest absolute Gasteiger partial charge is 0.0837 e. The molecule has 0 amide bonds. The molecule has 2 aliphatic rings. The molecule has 0 aliphatic heterocycles. The van der Waals surface area contributed by atoms with Gasteiger partial charge in [0.1, 0.15) is 0 Å². The van der Waals surface area contributed by atoms with Gasteiger partial charge in [-0.1, -0.05) is 109 Å². The summed E-state index contributed by atoms with van der Waals surface area (Å²) in [5, 5.41) is 3.27. The summed E-state index contributed by atoms with van der Waals surface area (Å²) in [5.74, 6) is 0.623. The van der Waals surface area contributed by atoms with Gasteiger partial charge in [0.05, 0.1) is 17.6 Å². The second kappa shape index (κ2) is 8.28. The Labute approximate surface area is 189 Å². The van der Waals surface area contributed by atoms with Crippen molar-refractivity contribution in [3.05, 3.63) is 70.9 Å². The van der Waals surface area contributed by atoms with Crippen LogP contribution in [0.1, 0.15) is 53.0 Å². The summed E-state index contributed by atoms with van der Waals surface area (Å²) >= 11 is 0. The Hall–Kier alpha value is -1.39. The van der Waals surface area contributed by atoms with Gasteiger partial charge in [-0.3, -0.25) is 0 Å². The average molecular weight is 433 g/mol. The number of benzene rings is 1. The largest absolute Gasteiger partial charge is 0.0980 e. The molecule has 30 heavy (non-hydrogen) atoms. The van der Waals surface area contributed by atoms with Crippen LogP contribution in [0.5, 0.6) is 0 Å². The minimum Gasteiger partial charge on any atom is -0.0837 e. The lowest BCUT2D eigenvalue weighted by atomic mass is 9.66. The highest BCUT2D eigenvalue weighted by molar-refractivity contribution is 6.89.